The van der Waals surface area contributed by atoms with E-state index in [0.717, 1.165) is 49.7 Å². The topological polar surface area (TPSA) is 43.7 Å². The molecule has 6 aromatic rings. The first-order chi connectivity index (χ1) is 17.7. The Labute approximate surface area is 210 Å². The molecule has 0 heterocycles. The van der Waals surface area contributed by atoms with Crippen LogP contribution in [0.1, 0.15) is 0 Å². The fourth-order valence-corrected chi connectivity index (χ4v) is 5.05. The summed E-state index contributed by atoms with van der Waals surface area (Å²) in [6, 6.07) is 45.0. The van der Waals surface area contributed by atoms with Crippen LogP contribution in [0.4, 0.5) is 17.1 Å². The van der Waals surface area contributed by atoms with Crippen LogP contribution < -0.4 is 10.4 Å². The Hall–Kier alpha value is -4.38. The maximum atomic E-state index is 10.3. The van der Waals surface area contributed by atoms with Gasteiger partial charge in [-0.2, -0.15) is 0 Å². The lowest BCUT2D eigenvalue weighted by Crippen LogP contribution is -2.34. The predicted octanol–water partition coefficient (Wildman–Crippen LogP) is 6.81. The van der Waals surface area contributed by atoms with E-state index < -0.39 is 7.12 Å². The number of hydrogen-bond acceptors (Lipinski definition) is 3. The summed E-state index contributed by atoms with van der Waals surface area (Å²) in [4.78, 5) is 2.15. The highest BCUT2D eigenvalue weighted by Gasteiger charge is 2.24. The van der Waals surface area contributed by atoms with Crippen LogP contribution in [0.5, 0.6) is 0 Å². The zero-order valence-corrected chi connectivity index (χ0v) is 19.6. The average Bonchev–Trinajstić information content (AvgIpc) is 2.94. The minimum absolute atomic E-state index is 0.446. The van der Waals surface area contributed by atoms with E-state index in [1.165, 1.54) is 0 Å². The Bertz CT molecular complexity index is 1680. The summed E-state index contributed by atoms with van der Waals surface area (Å²) in [5.41, 5.74) is 5.42. The van der Waals surface area contributed by atoms with E-state index >= 15 is 0 Å². The molecule has 0 atom stereocenters. The summed E-state index contributed by atoms with van der Waals surface area (Å²) in [6.45, 7) is 0. The van der Waals surface area contributed by atoms with Crippen molar-refractivity contribution in [1.82, 2.24) is 0 Å². The normalized spacial score (nSPS) is 11.1. The molecule has 0 saturated carbocycles. The monoisotopic (exact) mass is 465 g/mol. The number of anilines is 3. The van der Waals surface area contributed by atoms with Crippen LogP contribution in [0.2, 0.25) is 0 Å². The molecule has 6 rings (SSSR count). The van der Waals surface area contributed by atoms with Crippen molar-refractivity contribution < 1.29 is 10.0 Å². The van der Waals surface area contributed by atoms with Crippen molar-refractivity contribution >= 4 is 51.2 Å². The van der Waals surface area contributed by atoms with Crippen molar-refractivity contribution in [2.45, 2.75) is 0 Å². The molecule has 0 saturated heterocycles. The largest absolute Gasteiger partial charge is 0.490 e. The van der Waals surface area contributed by atoms with E-state index in [2.05, 4.69) is 89.8 Å². The molecular formula is C32H24BNO2. The number of nitrogens with zero attached hydrogens (tertiary/aromatic N) is 1. The van der Waals surface area contributed by atoms with Crippen LogP contribution in [0, 0.1) is 0 Å². The van der Waals surface area contributed by atoms with Gasteiger partial charge < -0.3 is 14.9 Å². The highest BCUT2D eigenvalue weighted by molar-refractivity contribution is 6.60. The molecule has 0 aliphatic carbocycles. The standard InChI is InChI=1S/C32H24BNO2/c35-33(36)29-18-8-9-19-32(29)34(30-20-10-14-24-13-4-5-15-26(24)30)31-22-21-25(23-11-2-1-3-12-23)27-16-6-7-17-28(27)31/h1-22,35-36H. The SMILES string of the molecule is OB(O)c1ccccc1N(c1cccc2ccccc12)c1ccc(-c2ccccc2)c2ccccc12. The third-order valence-electron chi connectivity index (χ3n) is 6.69. The molecule has 0 bridgehead atoms. The molecule has 4 heteroatoms. The molecule has 172 valence electrons. The molecule has 0 fully saturated rings. The highest BCUT2D eigenvalue weighted by Crippen LogP contribution is 2.43. The Morgan fingerprint density at radius 1 is 0.444 bits per heavy atom. The first-order valence-corrected chi connectivity index (χ1v) is 12.0. The van der Waals surface area contributed by atoms with Crippen LogP contribution in [0.3, 0.4) is 0 Å². The minimum atomic E-state index is -1.60. The lowest BCUT2D eigenvalue weighted by molar-refractivity contribution is 0.426. The number of para-hydroxylation sites is 1. The molecule has 0 amide bonds. The highest BCUT2D eigenvalue weighted by atomic mass is 16.4. The smallest absolute Gasteiger partial charge is 0.423 e. The van der Waals surface area contributed by atoms with Crippen molar-refractivity contribution in [2.24, 2.45) is 0 Å². The predicted molar refractivity (Wildman–Crippen MR) is 151 cm³/mol. The van der Waals surface area contributed by atoms with E-state index in [9.17, 15) is 10.0 Å². The van der Waals surface area contributed by atoms with Gasteiger partial charge in [0, 0.05) is 21.9 Å². The van der Waals surface area contributed by atoms with E-state index in [1.807, 2.05) is 42.5 Å². The molecule has 0 spiro atoms. The number of benzene rings is 6. The van der Waals surface area contributed by atoms with Gasteiger partial charge in [0.05, 0.1) is 11.4 Å². The molecule has 0 unspecified atom stereocenters. The van der Waals surface area contributed by atoms with E-state index in [1.54, 1.807) is 6.07 Å². The Kier molecular flexibility index (Phi) is 5.74. The number of fused-ring (bicyclic) bond motifs is 2. The Morgan fingerprint density at radius 2 is 1.03 bits per heavy atom. The van der Waals surface area contributed by atoms with Crippen molar-refractivity contribution in [3.63, 3.8) is 0 Å². The van der Waals surface area contributed by atoms with Gasteiger partial charge in [-0.05, 0) is 40.1 Å². The molecular weight excluding hydrogens is 441 g/mol. The first-order valence-electron chi connectivity index (χ1n) is 12.0. The van der Waals surface area contributed by atoms with Gasteiger partial charge in [-0.1, -0.05) is 115 Å². The van der Waals surface area contributed by atoms with Gasteiger partial charge in [0.25, 0.3) is 0 Å². The summed E-state index contributed by atoms with van der Waals surface area (Å²) in [5, 5.41) is 25.0. The zero-order valence-electron chi connectivity index (χ0n) is 19.6. The quantitative estimate of drug-likeness (QED) is 0.275. The second-order valence-electron chi connectivity index (χ2n) is 8.81. The van der Waals surface area contributed by atoms with E-state index in [4.69, 9.17) is 0 Å². The number of rotatable bonds is 5. The lowest BCUT2D eigenvalue weighted by Gasteiger charge is -2.30. The lowest BCUT2D eigenvalue weighted by atomic mass is 9.78. The number of hydrogen-bond donors (Lipinski definition) is 2. The summed E-state index contributed by atoms with van der Waals surface area (Å²) in [6.07, 6.45) is 0. The second-order valence-corrected chi connectivity index (χ2v) is 8.81. The fourth-order valence-electron chi connectivity index (χ4n) is 5.05. The van der Waals surface area contributed by atoms with E-state index in [0.29, 0.717) is 5.46 Å². The molecule has 0 radical (unpaired) electrons. The van der Waals surface area contributed by atoms with Crippen molar-refractivity contribution in [2.75, 3.05) is 4.90 Å². The Morgan fingerprint density at radius 3 is 1.83 bits per heavy atom. The van der Waals surface area contributed by atoms with Crippen LogP contribution >= 0.6 is 0 Å². The summed E-state index contributed by atoms with van der Waals surface area (Å²) in [7, 11) is -1.60. The van der Waals surface area contributed by atoms with Gasteiger partial charge in [-0.3, -0.25) is 0 Å². The molecule has 3 nitrogen and oxygen atoms in total. The molecule has 36 heavy (non-hydrogen) atoms. The van der Waals surface area contributed by atoms with E-state index in [-0.39, 0.29) is 0 Å². The molecule has 0 aliphatic heterocycles. The fraction of sp³-hybridized carbons (Fsp3) is 0. The maximum Gasteiger partial charge on any atom is 0.490 e. The Balaban J connectivity index is 1.69. The van der Waals surface area contributed by atoms with Gasteiger partial charge in [0.2, 0.25) is 0 Å². The van der Waals surface area contributed by atoms with Gasteiger partial charge in [0.1, 0.15) is 0 Å². The molecule has 0 aromatic heterocycles. The second kappa shape index (κ2) is 9.35. The van der Waals surface area contributed by atoms with Crippen LogP contribution in [-0.4, -0.2) is 17.2 Å². The molecule has 0 aliphatic rings. The van der Waals surface area contributed by atoms with Gasteiger partial charge in [0.15, 0.2) is 0 Å². The van der Waals surface area contributed by atoms with Gasteiger partial charge in [-0.25, -0.2) is 0 Å². The van der Waals surface area contributed by atoms with Gasteiger partial charge in [-0.15, -0.1) is 0 Å². The summed E-state index contributed by atoms with van der Waals surface area (Å²) in [5.74, 6) is 0. The third kappa shape index (κ3) is 3.83. The average molecular weight is 465 g/mol. The molecule has 2 N–H and O–H groups in total. The van der Waals surface area contributed by atoms with Crippen molar-refractivity contribution in [3.05, 3.63) is 133 Å². The van der Waals surface area contributed by atoms with Crippen LogP contribution in [0.15, 0.2) is 133 Å². The summed E-state index contributed by atoms with van der Waals surface area (Å²) >= 11 is 0. The van der Waals surface area contributed by atoms with Crippen LogP contribution in [-0.2, 0) is 0 Å². The minimum Gasteiger partial charge on any atom is -0.423 e. The van der Waals surface area contributed by atoms with Crippen LogP contribution in [0.25, 0.3) is 32.7 Å². The first kappa shape index (κ1) is 22.1. The molecule has 6 aromatic carbocycles. The van der Waals surface area contributed by atoms with Crippen molar-refractivity contribution in [3.8, 4) is 11.1 Å². The zero-order chi connectivity index (χ0) is 24.5. The summed E-state index contributed by atoms with van der Waals surface area (Å²) < 4.78 is 0. The van der Waals surface area contributed by atoms with Gasteiger partial charge >= 0.3 is 7.12 Å². The third-order valence-corrected chi connectivity index (χ3v) is 6.69. The maximum absolute atomic E-state index is 10.3. The van der Waals surface area contributed by atoms with Crippen molar-refractivity contribution in [1.29, 1.82) is 0 Å².